The molecule has 2 nitrogen and oxygen atoms in total. The number of carboxylic acids is 1. The highest BCUT2D eigenvalue weighted by atomic mass is 35.5. The van der Waals surface area contributed by atoms with Crippen molar-refractivity contribution in [1.29, 1.82) is 0 Å². The second kappa shape index (κ2) is 7.49. The average Bonchev–Trinajstić information content (AvgIpc) is 2.45. The van der Waals surface area contributed by atoms with Crippen LogP contribution < -0.4 is 0 Å². The number of carbonyl (C=O) groups is 1. The van der Waals surface area contributed by atoms with Gasteiger partial charge in [-0.2, -0.15) is 0 Å². The van der Waals surface area contributed by atoms with Gasteiger partial charge >= 0.3 is 5.97 Å². The molecule has 1 aliphatic rings. The van der Waals surface area contributed by atoms with Crippen molar-refractivity contribution in [2.24, 2.45) is 5.92 Å². The molecule has 0 heterocycles. The Labute approximate surface area is 125 Å². The van der Waals surface area contributed by atoms with Crippen molar-refractivity contribution in [3.05, 3.63) is 47.0 Å². The summed E-state index contributed by atoms with van der Waals surface area (Å²) in [7, 11) is 0. The minimum atomic E-state index is -0.721. The summed E-state index contributed by atoms with van der Waals surface area (Å²) in [5.74, 6) is 0.546. The number of allylic oxidation sites excluding steroid dienone is 2. The number of rotatable bonds is 5. The molecule has 20 heavy (non-hydrogen) atoms. The van der Waals surface area contributed by atoms with Crippen molar-refractivity contribution in [3.8, 4) is 0 Å². The summed E-state index contributed by atoms with van der Waals surface area (Å²) in [6.45, 7) is 0. The van der Waals surface area contributed by atoms with Crippen LogP contribution in [0.1, 0.15) is 50.0 Å². The molecule has 0 aromatic heterocycles. The number of hydrogen-bond acceptors (Lipinski definition) is 1. The lowest BCUT2D eigenvalue weighted by Crippen LogP contribution is -2.11. The molecule has 2 rings (SSSR count). The Hall–Kier alpha value is -1.28. The van der Waals surface area contributed by atoms with Gasteiger partial charge in [0, 0.05) is 11.4 Å². The highest BCUT2D eigenvalue weighted by Gasteiger charge is 2.20. The standard InChI is InChI=1S/C17H21ClO2/c18-16-11-9-15(10-12-16)14-7-5-13(6-8-14)3-1-2-4-17(19)20/h1,3,9-14H,2,4-8H2,(H,19,20). The Balaban J connectivity index is 1.77. The lowest BCUT2D eigenvalue weighted by atomic mass is 9.78. The van der Waals surface area contributed by atoms with E-state index in [-0.39, 0.29) is 6.42 Å². The van der Waals surface area contributed by atoms with Crippen LogP contribution in [0.25, 0.3) is 0 Å². The summed E-state index contributed by atoms with van der Waals surface area (Å²) in [6.07, 6.45) is 9.91. The monoisotopic (exact) mass is 292 g/mol. The molecule has 0 saturated heterocycles. The molecular formula is C17H21ClO2. The average molecular weight is 293 g/mol. The molecule has 0 atom stereocenters. The highest BCUT2D eigenvalue weighted by molar-refractivity contribution is 6.30. The molecule has 0 radical (unpaired) electrons. The molecule has 1 saturated carbocycles. The third-order valence-corrected chi connectivity index (χ3v) is 4.30. The van der Waals surface area contributed by atoms with Crippen molar-refractivity contribution in [3.63, 3.8) is 0 Å². The van der Waals surface area contributed by atoms with Crippen LogP contribution >= 0.6 is 11.6 Å². The van der Waals surface area contributed by atoms with Crippen LogP contribution in [0.3, 0.4) is 0 Å². The van der Waals surface area contributed by atoms with Crippen molar-refractivity contribution in [2.45, 2.75) is 44.4 Å². The maximum Gasteiger partial charge on any atom is 0.303 e. The third kappa shape index (κ3) is 4.68. The van der Waals surface area contributed by atoms with Gasteiger partial charge in [-0.3, -0.25) is 4.79 Å². The van der Waals surface area contributed by atoms with E-state index in [2.05, 4.69) is 18.2 Å². The van der Waals surface area contributed by atoms with Crippen molar-refractivity contribution in [1.82, 2.24) is 0 Å². The molecule has 1 fully saturated rings. The molecule has 1 aromatic rings. The fourth-order valence-electron chi connectivity index (χ4n) is 2.88. The van der Waals surface area contributed by atoms with Crippen LogP contribution in [0, 0.1) is 5.92 Å². The van der Waals surface area contributed by atoms with Gasteiger partial charge in [0.2, 0.25) is 0 Å². The van der Waals surface area contributed by atoms with Gasteiger partial charge in [-0.1, -0.05) is 35.9 Å². The van der Waals surface area contributed by atoms with Gasteiger partial charge in [0.05, 0.1) is 0 Å². The molecule has 1 aliphatic carbocycles. The Morgan fingerprint density at radius 1 is 1.20 bits per heavy atom. The predicted molar refractivity (Wildman–Crippen MR) is 82.2 cm³/mol. The summed E-state index contributed by atoms with van der Waals surface area (Å²) in [5, 5.41) is 9.38. The summed E-state index contributed by atoms with van der Waals surface area (Å²) in [4.78, 5) is 10.4. The topological polar surface area (TPSA) is 37.3 Å². The number of halogens is 1. The van der Waals surface area contributed by atoms with Gasteiger partial charge < -0.3 is 5.11 Å². The predicted octanol–water partition coefficient (Wildman–Crippen LogP) is 5.03. The van der Waals surface area contributed by atoms with E-state index >= 15 is 0 Å². The first kappa shape index (κ1) is 15.1. The Morgan fingerprint density at radius 2 is 1.85 bits per heavy atom. The van der Waals surface area contributed by atoms with E-state index < -0.39 is 5.97 Å². The first-order chi connectivity index (χ1) is 9.65. The Bertz CT molecular complexity index is 456. The van der Waals surface area contributed by atoms with Crippen LogP contribution in [0.4, 0.5) is 0 Å². The quantitative estimate of drug-likeness (QED) is 0.772. The summed E-state index contributed by atoms with van der Waals surface area (Å²) in [5.41, 5.74) is 1.39. The number of benzene rings is 1. The molecule has 0 bridgehead atoms. The van der Waals surface area contributed by atoms with Gasteiger partial charge in [0.15, 0.2) is 0 Å². The minimum Gasteiger partial charge on any atom is -0.481 e. The van der Waals surface area contributed by atoms with Gasteiger partial charge in [0.1, 0.15) is 0 Å². The maximum absolute atomic E-state index is 10.4. The van der Waals surface area contributed by atoms with E-state index in [4.69, 9.17) is 16.7 Å². The van der Waals surface area contributed by atoms with Crippen LogP contribution in [0.2, 0.25) is 5.02 Å². The zero-order valence-electron chi connectivity index (χ0n) is 11.6. The summed E-state index contributed by atoms with van der Waals surface area (Å²) < 4.78 is 0. The first-order valence-electron chi connectivity index (χ1n) is 7.29. The summed E-state index contributed by atoms with van der Waals surface area (Å²) in [6, 6.07) is 8.20. The van der Waals surface area contributed by atoms with Crippen molar-refractivity contribution >= 4 is 17.6 Å². The molecule has 1 aromatic carbocycles. The molecule has 3 heteroatoms. The fraction of sp³-hybridized carbons (Fsp3) is 0.471. The highest BCUT2D eigenvalue weighted by Crippen LogP contribution is 2.36. The Kier molecular flexibility index (Phi) is 5.66. The van der Waals surface area contributed by atoms with Crippen LogP contribution in [-0.4, -0.2) is 11.1 Å². The van der Waals surface area contributed by atoms with E-state index in [1.54, 1.807) is 0 Å². The number of aliphatic carboxylic acids is 1. The van der Waals surface area contributed by atoms with Crippen LogP contribution in [0.15, 0.2) is 36.4 Å². The molecule has 108 valence electrons. The van der Waals surface area contributed by atoms with Crippen LogP contribution in [0.5, 0.6) is 0 Å². The van der Waals surface area contributed by atoms with Gasteiger partial charge in [-0.25, -0.2) is 0 Å². The molecule has 0 amide bonds. The molecule has 0 unspecified atom stereocenters. The second-order valence-corrected chi connectivity index (χ2v) is 5.96. The maximum atomic E-state index is 10.4. The Morgan fingerprint density at radius 3 is 2.45 bits per heavy atom. The first-order valence-corrected chi connectivity index (χ1v) is 7.67. The van der Waals surface area contributed by atoms with Gasteiger partial charge in [-0.15, -0.1) is 0 Å². The van der Waals surface area contributed by atoms with E-state index in [1.807, 2.05) is 18.2 Å². The zero-order valence-corrected chi connectivity index (χ0v) is 12.4. The second-order valence-electron chi connectivity index (χ2n) is 5.52. The van der Waals surface area contributed by atoms with Crippen molar-refractivity contribution < 1.29 is 9.90 Å². The van der Waals surface area contributed by atoms with Crippen LogP contribution in [-0.2, 0) is 4.79 Å². The smallest absolute Gasteiger partial charge is 0.303 e. The van der Waals surface area contributed by atoms with Gasteiger partial charge in [0.25, 0.3) is 0 Å². The lowest BCUT2D eigenvalue weighted by molar-refractivity contribution is -0.136. The zero-order chi connectivity index (χ0) is 14.4. The normalized spacial score (nSPS) is 23.1. The van der Waals surface area contributed by atoms with E-state index in [9.17, 15) is 4.79 Å². The van der Waals surface area contributed by atoms with E-state index in [0.717, 1.165) is 5.02 Å². The third-order valence-electron chi connectivity index (χ3n) is 4.05. The summed E-state index contributed by atoms with van der Waals surface area (Å²) >= 11 is 5.92. The number of hydrogen-bond donors (Lipinski definition) is 1. The van der Waals surface area contributed by atoms with E-state index in [0.29, 0.717) is 18.3 Å². The SMILES string of the molecule is O=C(O)CCC=CC1CCC(c2ccc(Cl)cc2)CC1. The minimum absolute atomic E-state index is 0.233. The number of carboxylic acid groups (broad SMARTS) is 1. The fourth-order valence-corrected chi connectivity index (χ4v) is 3.00. The molecular weight excluding hydrogens is 272 g/mol. The van der Waals surface area contributed by atoms with Gasteiger partial charge in [-0.05, 0) is 61.6 Å². The molecule has 1 N–H and O–H groups in total. The van der Waals surface area contributed by atoms with Crippen molar-refractivity contribution in [2.75, 3.05) is 0 Å². The molecule has 0 spiro atoms. The van der Waals surface area contributed by atoms with E-state index in [1.165, 1.54) is 31.2 Å². The molecule has 0 aliphatic heterocycles. The largest absolute Gasteiger partial charge is 0.481 e. The lowest BCUT2D eigenvalue weighted by Gasteiger charge is -2.27.